The van der Waals surface area contributed by atoms with Crippen molar-refractivity contribution in [3.8, 4) is 5.75 Å². The number of hydrogen-bond donors (Lipinski definition) is 2. The highest BCUT2D eigenvalue weighted by Crippen LogP contribution is 2.14. The van der Waals surface area contributed by atoms with Gasteiger partial charge < -0.3 is 15.4 Å². The van der Waals surface area contributed by atoms with Crippen LogP contribution in [0, 0.1) is 0 Å². The Morgan fingerprint density at radius 2 is 1.77 bits per heavy atom. The van der Waals surface area contributed by atoms with E-state index in [1.807, 2.05) is 60.7 Å². The topological polar surface area (TPSA) is 63.2 Å². The lowest BCUT2D eigenvalue weighted by molar-refractivity contribution is 0.102. The highest BCUT2D eigenvalue weighted by atomic mass is 16.5. The SMILES string of the molecule is COc1ccc(CCNc2ccnc(C(=O)Nc3ccccc3)c2)cc1. The van der Waals surface area contributed by atoms with Crippen LogP contribution >= 0.6 is 0 Å². The molecule has 0 fully saturated rings. The molecule has 3 rings (SSSR count). The second kappa shape index (κ2) is 8.67. The zero-order valence-electron chi connectivity index (χ0n) is 14.6. The number of ether oxygens (including phenoxy) is 1. The van der Waals surface area contributed by atoms with Crippen molar-refractivity contribution in [1.29, 1.82) is 0 Å². The van der Waals surface area contributed by atoms with Crippen LogP contribution in [-0.2, 0) is 6.42 Å². The third-order valence-electron chi connectivity index (χ3n) is 3.93. The van der Waals surface area contributed by atoms with E-state index in [0.717, 1.165) is 30.1 Å². The minimum Gasteiger partial charge on any atom is -0.497 e. The third-order valence-corrected chi connectivity index (χ3v) is 3.93. The molecule has 0 bridgehead atoms. The van der Waals surface area contributed by atoms with Crippen LogP contribution in [-0.4, -0.2) is 24.5 Å². The molecule has 0 aliphatic rings. The summed E-state index contributed by atoms with van der Waals surface area (Å²) in [6.45, 7) is 0.760. The molecule has 0 saturated heterocycles. The van der Waals surface area contributed by atoms with Crippen molar-refractivity contribution in [2.75, 3.05) is 24.3 Å². The van der Waals surface area contributed by atoms with Gasteiger partial charge in [-0.1, -0.05) is 30.3 Å². The number of hydrogen-bond acceptors (Lipinski definition) is 4. The first-order valence-corrected chi connectivity index (χ1v) is 8.44. The number of carbonyl (C=O) groups is 1. The summed E-state index contributed by atoms with van der Waals surface area (Å²) in [4.78, 5) is 16.5. The number of pyridine rings is 1. The van der Waals surface area contributed by atoms with Gasteiger partial charge in [-0.25, -0.2) is 0 Å². The molecule has 26 heavy (non-hydrogen) atoms. The number of aromatic nitrogens is 1. The Morgan fingerprint density at radius 1 is 1.00 bits per heavy atom. The van der Waals surface area contributed by atoms with Crippen molar-refractivity contribution < 1.29 is 9.53 Å². The van der Waals surface area contributed by atoms with Crippen LogP contribution in [0.4, 0.5) is 11.4 Å². The molecule has 0 aliphatic heterocycles. The Kier molecular flexibility index (Phi) is 5.83. The van der Waals surface area contributed by atoms with Gasteiger partial charge in [-0.3, -0.25) is 9.78 Å². The lowest BCUT2D eigenvalue weighted by Crippen LogP contribution is -2.14. The van der Waals surface area contributed by atoms with E-state index < -0.39 is 0 Å². The second-order valence-corrected chi connectivity index (χ2v) is 5.77. The maximum Gasteiger partial charge on any atom is 0.274 e. The Bertz CT molecular complexity index is 849. The molecular weight excluding hydrogens is 326 g/mol. The lowest BCUT2D eigenvalue weighted by atomic mass is 10.1. The molecule has 0 radical (unpaired) electrons. The van der Waals surface area contributed by atoms with Crippen molar-refractivity contribution >= 4 is 17.3 Å². The van der Waals surface area contributed by atoms with Crippen LogP contribution in [0.5, 0.6) is 5.75 Å². The number of para-hydroxylation sites is 1. The molecule has 0 unspecified atom stereocenters. The number of amides is 1. The third kappa shape index (κ3) is 4.83. The quantitative estimate of drug-likeness (QED) is 0.678. The van der Waals surface area contributed by atoms with Crippen molar-refractivity contribution in [3.63, 3.8) is 0 Å². The molecule has 5 heteroatoms. The number of nitrogens with one attached hydrogen (secondary N) is 2. The number of anilines is 2. The molecule has 3 aromatic rings. The van der Waals surface area contributed by atoms with Crippen LogP contribution in [0.3, 0.4) is 0 Å². The molecule has 5 nitrogen and oxygen atoms in total. The fourth-order valence-corrected chi connectivity index (χ4v) is 2.52. The first-order valence-electron chi connectivity index (χ1n) is 8.44. The van der Waals surface area contributed by atoms with Crippen LogP contribution in [0.2, 0.25) is 0 Å². The first kappa shape index (κ1) is 17.5. The molecule has 132 valence electrons. The van der Waals surface area contributed by atoms with Gasteiger partial charge in [-0.15, -0.1) is 0 Å². The predicted octanol–water partition coefficient (Wildman–Crippen LogP) is 4.00. The summed E-state index contributed by atoms with van der Waals surface area (Å²) < 4.78 is 5.16. The number of rotatable bonds is 7. The van der Waals surface area contributed by atoms with Crippen LogP contribution in [0.1, 0.15) is 16.1 Å². The smallest absolute Gasteiger partial charge is 0.274 e. The molecular formula is C21H21N3O2. The minimum atomic E-state index is -0.227. The molecule has 2 aromatic carbocycles. The molecule has 0 aliphatic carbocycles. The molecule has 1 amide bonds. The van der Waals surface area contributed by atoms with Crippen molar-refractivity contribution in [3.05, 3.63) is 84.2 Å². The van der Waals surface area contributed by atoms with Crippen LogP contribution < -0.4 is 15.4 Å². The molecule has 2 N–H and O–H groups in total. The number of benzene rings is 2. The summed E-state index contributed by atoms with van der Waals surface area (Å²) >= 11 is 0. The normalized spacial score (nSPS) is 10.2. The Hall–Kier alpha value is -3.34. The van der Waals surface area contributed by atoms with Crippen molar-refractivity contribution in [1.82, 2.24) is 4.98 Å². The first-order chi connectivity index (χ1) is 12.7. The summed E-state index contributed by atoms with van der Waals surface area (Å²) in [6, 6.07) is 20.9. The van der Waals surface area contributed by atoms with Gasteiger partial charge in [0.1, 0.15) is 11.4 Å². The van der Waals surface area contributed by atoms with Gasteiger partial charge in [0.2, 0.25) is 0 Å². The Morgan fingerprint density at radius 3 is 2.50 bits per heavy atom. The van der Waals surface area contributed by atoms with Gasteiger partial charge in [0.15, 0.2) is 0 Å². The van der Waals surface area contributed by atoms with Crippen molar-refractivity contribution in [2.45, 2.75) is 6.42 Å². The summed E-state index contributed by atoms with van der Waals surface area (Å²) in [5, 5.41) is 6.17. The van der Waals surface area contributed by atoms with E-state index in [2.05, 4.69) is 15.6 Å². The number of nitrogens with zero attached hydrogens (tertiary/aromatic N) is 1. The second-order valence-electron chi connectivity index (χ2n) is 5.77. The van der Waals surface area contributed by atoms with Crippen LogP contribution in [0.25, 0.3) is 0 Å². The zero-order valence-corrected chi connectivity index (χ0v) is 14.6. The lowest BCUT2D eigenvalue weighted by Gasteiger charge is -2.09. The monoisotopic (exact) mass is 347 g/mol. The Labute approximate surface area is 153 Å². The van der Waals surface area contributed by atoms with E-state index >= 15 is 0 Å². The van der Waals surface area contributed by atoms with Gasteiger partial charge in [-0.05, 0) is 48.4 Å². The standard InChI is InChI=1S/C21H21N3O2/c1-26-19-9-7-16(8-10-19)11-13-22-18-12-14-23-20(15-18)21(25)24-17-5-3-2-4-6-17/h2-10,12,14-15H,11,13H2,1H3,(H,22,23)(H,24,25). The number of methoxy groups -OCH3 is 1. The maximum absolute atomic E-state index is 12.3. The predicted molar refractivity (Wildman–Crippen MR) is 104 cm³/mol. The summed E-state index contributed by atoms with van der Waals surface area (Å²) in [6.07, 6.45) is 2.51. The minimum absolute atomic E-state index is 0.227. The maximum atomic E-state index is 12.3. The van der Waals surface area contributed by atoms with Gasteiger partial charge >= 0.3 is 0 Å². The van der Waals surface area contributed by atoms with E-state index in [4.69, 9.17) is 4.74 Å². The highest BCUT2D eigenvalue weighted by molar-refractivity contribution is 6.03. The fraction of sp³-hybridized carbons (Fsp3) is 0.143. The average molecular weight is 347 g/mol. The summed E-state index contributed by atoms with van der Waals surface area (Å²) in [7, 11) is 1.66. The van der Waals surface area contributed by atoms with Crippen LogP contribution in [0.15, 0.2) is 72.9 Å². The van der Waals surface area contributed by atoms with E-state index in [1.54, 1.807) is 19.4 Å². The fourth-order valence-electron chi connectivity index (χ4n) is 2.52. The van der Waals surface area contributed by atoms with Crippen molar-refractivity contribution in [2.24, 2.45) is 0 Å². The zero-order chi connectivity index (χ0) is 18.2. The van der Waals surface area contributed by atoms with E-state index in [-0.39, 0.29) is 5.91 Å². The van der Waals surface area contributed by atoms with E-state index in [1.165, 1.54) is 5.56 Å². The number of carbonyl (C=O) groups excluding carboxylic acids is 1. The van der Waals surface area contributed by atoms with E-state index in [0.29, 0.717) is 5.69 Å². The summed E-state index contributed by atoms with van der Waals surface area (Å²) in [5.74, 6) is 0.625. The summed E-state index contributed by atoms with van der Waals surface area (Å²) in [5.41, 5.74) is 3.21. The molecule has 1 aromatic heterocycles. The molecule has 0 atom stereocenters. The largest absolute Gasteiger partial charge is 0.497 e. The average Bonchev–Trinajstić information content (AvgIpc) is 2.69. The van der Waals surface area contributed by atoms with E-state index in [9.17, 15) is 4.79 Å². The Balaban J connectivity index is 1.55. The van der Waals surface area contributed by atoms with Gasteiger partial charge in [0, 0.05) is 24.1 Å². The van der Waals surface area contributed by atoms with Gasteiger partial charge in [0.05, 0.1) is 7.11 Å². The highest BCUT2D eigenvalue weighted by Gasteiger charge is 2.08. The molecule has 0 saturated carbocycles. The van der Waals surface area contributed by atoms with Gasteiger partial charge in [-0.2, -0.15) is 0 Å². The van der Waals surface area contributed by atoms with Gasteiger partial charge in [0.25, 0.3) is 5.91 Å². The molecule has 1 heterocycles. The molecule has 0 spiro atoms.